The van der Waals surface area contributed by atoms with E-state index in [0.717, 1.165) is 30.8 Å². The van der Waals surface area contributed by atoms with Gasteiger partial charge >= 0.3 is 0 Å². The number of aryl methyl sites for hydroxylation is 2. The van der Waals surface area contributed by atoms with Crippen LogP contribution in [-0.2, 0) is 27.8 Å². The molecular weight excluding hydrogens is 384 g/mol. The minimum atomic E-state index is -3.63. The Bertz CT molecular complexity index is 954. The Labute approximate surface area is 163 Å². The Morgan fingerprint density at radius 2 is 2.11 bits per heavy atom. The van der Waals surface area contributed by atoms with Gasteiger partial charge in [-0.05, 0) is 32.5 Å². The van der Waals surface area contributed by atoms with Crippen molar-refractivity contribution in [3.8, 4) is 0 Å². The average molecular weight is 409 g/mol. The third-order valence-electron chi connectivity index (χ3n) is 4.43. The first-order chi connectivity index (χ1) is 12.7. The van der Waals surface area contributed by atoms with Crippen LogP contribution in [0.25, 0.3) is 0 Å². The molecule has 0 atom stereocenters. The van der Waals surface area contributed by atoms with Gasteiger partial charge in [0.1, 0.15) is 0 Å². The number of nitrogens with one attached hydrogen (secondary N) is 2. The summed E-state index contributed by atoms with van der Waals surface area (Å²) in [6.45, 7) is 5.52. The molecular formula is C18H24N4O3S2. The molecule has 0 unspecified atom stereocenters. The summed E-state index contributed by atoms with van der Waals surface area (Å²) in [5.74, 6) is -0.252. The molecule has 3 rings (SSSR count). The molecule has 0 saturated heterocycles. The van der Waals surface area contributed by atoms with E-state index in [4.69, 9.17) is 0 Å². The van der Waals surface area contributed by atoms with Gasteiger partial charge in [0.25, 0.3) is 0 Å². The van der Waals surface area contributed by atoms with Crippen LogP contribution in [0.2, 0.25) is 0 Å². The monoisotopic (exact) mass is 408 g/mol. The molecule has 27 heavy (non-hydrogen) atoms. The number of fused-ring (bicyclic) bond motifs is 1. The smallest absolute Gasteiger partial charge is 0.240 e. The van der Waals surface area contributed by atoms with Crippen LogP contribution in [0, 0.1) is 13.8 Å². The first-order valence-electron chi connectivity index (χ1n) is 8.78. The Balaban J connectivity index is 1.53. The van der Waals surface area contributed by atoms with Crippen molar-refractivity contribution in [3.63, 3.8) is 0 Å². The number of sulfonamides is 1. The van der Waals surface area contributed by atoms with Crippen LogP contribution in [0.1, 0.15) is 28.1 Å². The van der Waals surface area contributed by atoms with Gasteiger partial charge in [-0.25, -0.2) is 18.1 Å². The SMILES string of the molecule is Cc1ccc(S(=O)(=O)NCCC(=O)Nc2nc3c(s2)CN(C)CC3)c(C)c1. The average Bonchev–Trinajstić information content (AvgIpc) is 2.95. The van der Waals surface area contributed by atoms with E-state index in [1.165, 1.54) is 16.2 Å². The number of hydrogen-bond donors (Lipinski definition) is 2. The number of carbonyl (C=O) groups is 1. The fraction of sp³-hybridized carbons (Fsp3) is 0.444. The molecule has 7 nitrogen and oxygen atoms in total. The Morgan fingerprint density at radius 1 is 1.33 bits per heavy atom. The van der Waals surface area contributed by atoms with Crippen molar-refractivity contribution in [1.82, 2.24) is 14.6 Å². The molecule has 0 saturated carbocycles. The number of hydrogen-bond acceptors (Lipinski definition) is 6. The molecule has 0 radical (unpaired) electrons. The Hall–Kier alpha value is -1.81. The van der Waals surface area contributed by atoms with Crippen molar-refractivity contribution in [2.45, 2.75) is 38.1 Å². The summed E-state index contributed by atoms with van der Waals surface area (Å²) < 4.78 is 27.3. The van der Waals surface area contributed by atoms with E-state index in [1.54, 1.807) is 19.1 Å². The summed E-state index contributed by atoms with van der Waals surface area (Å²) >= 11 is 1.48. The molecule has 2 aromatic rings. The van der Waals surface area contributed by atoms with Crippen LogP contribution in [0.5, 0.6) is 0 Å². The van der Waals surface area contributed by atoms with E-state index in [2.05, 4.69) is 27.0 Å². The van der Waals surface area contributed by atoms with Gasteiger partial charge < -0.3 is 10.2 Å². The summed E-state index contributed by atoms with van der Waals surface area (Å²) in [4.78, 5) is 20.2. The van der Waals surface area contributed by atoms with Gasteiger partial charge in [0.05, 0.1) is 10.6 Å². The number of amides is 1. The second-order valence-electron chi connectivity index (χ2n) is 6.84. The quantitative estimate of drug-likeness (QED) is 0.763. The molecule has 1 aromatic heterocycles. The fourth-order valence-corrected chi connectivity index (χ4v) is 5.40. The first kappa shape index (κ1) is 19.9. The number of carbonyl (C=O) groups excluding carboxylic acids is 1. The van der Waals surface area contributed by atoms with Crippen LogP contribution in [0.15, 0.2) is 23.1 Å². The van der Waals surface area contributed by atoms with Crippen LogP contribution in [0.3, 0.4) is 0 Å². The Kier molecular flexibility index (Phi) is 5.95. The fourth-order valence-electron chi connectivity index (χ4n) is 3.04. The highest BCUT2D eigenvalue weighted by molar-refractivity contribution is 7.89. The number of aromatic nitrogens is 1. The zero-order chi connectivity index (χ0) is 19.6. The molecule has 1 amide bonds. The second-order valence-corrected chi connectivity index (χ2v) is 9.66. The summed E-state index contributed by atoms with van der Waals surface area (Å²) in [7, 11) is -1.57. The maximum Gasteiger partial charge on any atom is 0.240 e. The van der Waals surface area contributed by atoms with Crippen molar-refractivity contribution in [1.29, 1.82) is 0 Å². The van der Waals surface area contributed by atoms with E-state index < -0.39 is 10.0 Å². The number of nitrogens with zero attached hydrogens (tertiary/aromatic N) is 2. The minimum Gasteiger partial charge on any atom is -0.302 e. The number of anilines is 1. The second kappa shape index (κ2) is 8.05. The van der Waals surface area contributed by atoms with E-state index >= 15 is 0 Å². The molecule has 0 aliphatic carbocycles. The molecule has 9 heteroatoms. The van der Waals surface area contributed by atoms with Crippen LogP contribution < -0.4 is 10.0 Å². The third-order valence-corrected chi connectivity index (χ3v) is 7.05. The maximum atomic E-state index is 12.4. The first-order valence-corrected chi connectivity index (χ1v) is 11.1. The molecule has 146 valence electrons. The van der Waals surface area contributed by atoms with Crippen LogP contribution in [-0.4, -0.2) is 44.3 Å². The van der Waals surface area contributed by atoms with Gasteiger partial charge in [0.15, 0.2) is 5.13 Å². The lowest BCUT2D eigenvalue weighted by Crippen LogP contribution is -2.28. The van der Waals surface area contributed by atoms with E-state index in [0.29, 0.717) is 10.7 Å². The number of likely N-dealkylation sites (N-methyl/N-ethyl adjacent to an activating group) is 1. The van der Waals surface area contributed by atoms with Gasteiger partial charge in [-0.2, -0.15) is 0 Å². The molecule has 0 fully saturated rings. The van der Waals surface area contributed by atoms with Crippen molar-refractivity contribution >= 4 is 32.4 Å². The Morgan fingerprint density at radius 3 is 2.85 bits per heavy atom. The van der Waals surface area contributed by atoms with Crippen molar-refractivity contribution in [2.24, 2.45) is 0 Å². The molecule has 2 heterocycles. The maximum absolute atomic E-state index is 12.4. The zero-order valence-electron chi connectivity index (χ0n) is 15.7. The van der Waals surface area contributed by atoms with Crippen molar-refractivity contribution in [3.05, 3.63) is 39.9 Å². The highest BCUT2D eigenvalue weighted by Gasteiger charge is 2.20. The predicted molar refractivity (Wildman–Crippen MR) is 107 cm³/mol. The van der Waals surface area contributed by atoms with Gasteiger partial charge in [-0.3, -0.25) is 4.79 Å². The van der Waals surface area contributed by atoms with Gasteiger partial charge in [-0.15, -0.1) is 11.3 Å². The van der Waals surface area contributed by atoms with E-state index in [9.17, 15) is 13.2 Å². The molecule has 0 bridgehead atoms. The normalized spacial score (nSPS) is 14.8. The van der Waals surface area contributed by atoms with Crippen molar-refractivity contribution < 1.29 is 13.2 Å². The number of benzene rings is 1. The summed E-state index contributed by atoms with van der Waals surface area (Å²) in [5.41, 5.74) is 2.73. The summed E-state index contributed by atoms with van der Waals surface area (Å²) in [5, 5.41) is 3.36. The topological polar surface area (TPSA) is 91.4 Å². The predicted octanol–water partition coefficient (Wildman–Crippen LogP) is 2.05. The highest BCUT2D eigenvalue weighted by atomic mass is 32.2. The lowest BCUT2D eigenvalue weighted by atomic mass is 10.2. The summed E-state index contributed by atoms with van der Waals surface area (Å²) in [6.07, 6.45) is 0.933. The summed E-state index contributed by atoms with van der Waals surface area (Å²) in [6, 6.07) is 5.17. The van der Waals surface area contributed by atoms with E-state index in [-0.39, 0.29) is 23.8 Å². The standard InChI is InChI=1S/C18H24N4O3S2/c1-12-4-5-16(13(2)10-12)27(24,25)19-8-6-17(23)21-18-20-14-7-9-22(3)11-15(14)26-18/h4-5,10,19H,6-9,11H2,1-3H3,(H,20,21,23). The minimum absolute atomic E-state index is 0.0370. The lowest BCUT2D eigenvalue weighted by molar-refractivity contribution is -0.116. The third kappa shape index (κ3) is 4.92. The molecule has 1 aromatic carbocycles. The molecule has 1 aliphatic heterocycles. The highest BCUT2D eigenvalue weighted by Crippen LogP contribution is 2.27. The molecule has 0 spiro atoms. The largest absolute Gasteiger partial charge is 0.302 e. The van der Waals surface area contributed by atoms with E-state index in [1.807, 2.05) is 13.0 Å². The molecule has 2 N–H and O–H groups in total. The van der Waals surface area contributed by atoms with Crippen LogP contribution in [0.4, 0.5) is 5.13 Å². The lowest BCUT2D eigenvalue weighted by Gasteiger charge is -2.20. The zero-order valence-corrected chi connectivity index (χ0v) is 17.3. The van der Waals surface area contributed by atoms with Gasteiger partial charge in [0, 0.05) is 37.4 Å². The van der Waals surface area contributed by atoms with Crippen LogP contribution >= 0.6 is 11.3 Å². The van der Waals surface area contributed by atoms with Gasteiger partial charge in [0.2, 0.25) is 15.9 Å². The molecule has 1 aliphatic rings. The number of rotatable bonds is 6. The van der Waals surface area contributed by atoms with Gasteiger partial charge in [-0.1, -0.05) is 17.7 Å². The number of thiazole rings is 1. The van der Waals surface area contributed by atoms with Crippen molar-refractivity contribution in [2.75, 3.05) is 25.5 Å².